The highest BCUT2D eigenvalue weighted by Crippen LogP contribution is 2.39. The van der Waals surface area contributed by atoms with Crippen LogP contribution >= 0.6 is 23.2 Å². The van der Waals surface area contributed by atoms with Gasteiger partial charge in [0.25, 0.3) is 0 Å². The van der Waals surface area contributed by atoms with Crippen molar-refractivity contribution in [2.45, 2.75) is 31.3 Å². The standard InChI is InChI=1S/C14H16Cl2N2O4/c1-3-22-12(21)13(2)7-14(11(19)20,18-17-13)9-5-4-8(15)6-10(9)16/h4-6,17-18H,3,7H2,1-2H3,(H,19,20). The lowest BCUT2D eigenvalue weighted by Gasteiger charge is -2.26. The molecule has 3 N–H and O–H groups in total. The molecule has 2 unspecified atom stereocenters. The van der Waals surface area contributed by atoms with Gasteiger partial charge in [0.1, 0.15) is 5.54 Å². The average Bonchev–Trinajstić information content (AvgIpc) is 2.80. The Morgan fingerprint density at radius 3 is 2.59 bits per heavy atom. The maximum absolute atomic E-state index is 12.1. The van der Waals surface area contributed by atoms with Crippen molar-refractivity contribution in [2.75, 3.05) is 6.61 Å². The highest BCUT2D eigenvalue weighted by Gasteiger charge is 2.56. The van der Waals surface area contributed by atoms with Crippen molar-refractivity contribution in [1.29, 1.82) is 0 Å². The summed E-state index contributed by atoms with van der Waals surface area (Å²) >= 11 is 12.0. The summed E-state index contributed by atoms with van der Waals surface area (Å²) in [6.45, 7) is 3.47. The highest BCUT2D eigenvalue weighted by atomic mass is 35.5. The predicted molar refractivity (Wildman–Crippen MR) is 81.7 cm³/mol. The van der Waals surface area contributed by atoms with Crippen LogP contribution in [0.25, 0.3) is 0 Å². The Morgan fingerprint density at radius 1 is 1.36 bits per heavy atom. The van der Waals surface area contributed by atoms with Gasteiger partial charge in [-0.1, -0.05) is 29.3 Å². The van der Waals surface area contributed by atoms with Crippen LogP contribution in [-0.2, 0) is 19.9 Å². The lowest BCUT2D eigenvalue weighted by atomic mass is 9.81. The Balaban J connectivity index is 2.44. The van der Waals surface area contributed by atoms with E-state index >= 15 is 0 Å². The Bertz CT molecular complexity index is 625. The number of aliphatic carboxylic acids is 1. The van der Waals surface area contributed by atoms with E-state index in [2.05, 4.69) is 10.9 Å². The summed E-state index contributed by atoms with van der Waals surface area (Å²) in [6.07, 6.45) is -0.0600. The fourth-order valence-corrected chi connectivity index (χ4v) is 3.09. The number of carboxylic acids is 1. The molecular formula is C14H16Cl2N2O4. The van der Waals surface area contributed by atoms with Crippen molar-refractivity contribution in [3.8, 4) is 0 Å². The number of hydrazine groups is 1. The first kappa shape index (κ1) is 17.0. The summed E-state index contributed by atoms with van der Waals surface area (Å²) in [6, 6.07) is 4.55. The Hall–Kier alpha value is -1.34. The van der Waals surface area contributed by atoms with Gasteiger partial charge in [0.15, 0.2) is 5.54 Å². The second-order valence-electron chi connectivity index (χ2n) is 5.31. The third-order valence-electron chi connectivity index (χ3n) is 3.65. The number of hydrogen-bond acceptors (Lipinski definition) is 5. The number of carbonyl (C=O) groups is 2. The van der Waals surface area contributed by atoms with Gasteiger partial charge >= 0.3 is 11.9 Å². The van der Waals surface area contributed by atoms with E-state index in [0.717, 1.165) is 0 Å². The monoisotopic (exact) mass is 346 g/mol. The molecule has 0 amide bonds. The number of ether oxygens (including phenoxy) is 1. The summed E-state index contributed by atoms with van der Waals surface area (Å²) in [5, 5.41) is 10.3. The van der Waals surface area contributed by atoms with E-state index in [-0.39, 0.29) is 18.1 Å². The van der Waals surface area contributed by atoms with Gasteiger partial charge in [0.2, 0.25) is 0 Å². The summed E-state index contributed by atoms with van der Waals surface area (Å²) in [5.41, 5.74) is 3.02. The fourth-order valence-electron chi connectivity index (χ4n) is 2.52. The zero-order valence-electron chi connectivity index (χ0n) is 12.1. The highest BCUT2D eigenvalue weighted by molar-refractivity contribution is 6.35. The molecule has 2 atom stereocenters. The molecule has 0 aliphatic carbocycles. The minimum atomic E-state index is -1.55. The molecule has 0 bridgehead atoms. The van der Waals surface area contributed by atoms with E-state index in [1.165, 1.54) is 12.1 Å². The van der Waals surface area contributed by atoms with Gasteiger partial charge in [-0.25, -0.2) is 15.6 Å². The molecule has 1 saturated heterocycles. The van der Waals surface area contributed by atoms with Crippen LogP contribution < -0.4 is 10.9 Å². The van der Waals surface area contributed by atoms with E-state index in [1.807, 2.05) is 0 Å². The minimum absolute atomic E-state index is 0.0600. The van der Waals surface area contributed by atoms with Crippen LogP contribution in [0.2, 0.25) is 10.0 Å². The first-order chi connectivity index (χ1) is 10.2. The molecule has 1 aliphatic rings. The topological polar surface area (TPSA) is 87.7 Å². The van der Waals surface area contributed by atoms with Crippen LogP contribution in [0.3, 0.4) is 0 Å². The third-order valence-corrected chi connectivity index (χ3v) is 4.20. The number of hydrogen-bond donors (Lipinski definition) is 3. The summed E-state index contributed by atoms with van der Waals surface area (Å²) in [7, 11) is 0. The number of carboxylic acid groups (broad SMARTS) is 1. The maximum Gasteiger partial charge on any atom is 0.329 e. The molecule has 0 saturated carbocycles. The van der Waals surface area contributed by atoms with Gasteiger partial charge in [-0.2, -0.15) is 0 Å². The van der Waals surface area contributed by atoms with Gasteiger partial charge < -0.3 is 9.84 Å². The quantitative estimate of drug-likeness (QED) is 0.723. The molecule has 120 valence electrons. The Kier molecular flexibility index (Phi) is 4.67. The number of esters is 1. The fraction of sp³-hybridized carbons (Fsp3) is 0.429. The van der Waals surface area contributed by atoms with Crippen LogP contribution in [0.5, 0.6) is 0 Å². The molecule has 22 heavy (non-hydrogen) atoms. The zero-order valence-corrected chi connectivity index (χ0v) is 13.6. The van der Waals surface area contributed by atoms with Crippen LogP contribution in [0.1, 0.15) is 25.8 Å². The lowest BCUT2D eigenvalue weighted by molar-refractivity contribution is -0.150. The van der Waals surface area contributed by atoms with Gasteiger partial charge in [-0.3, -0.25) is 4.79 Å². The van der Waals surface area contributed by atoms with Crippen molar-refractivity contribution in [1.82, 2.24) is 10.9 Å². The van der Waals surface area contributed by atoms with Gasteiger partial charge in [0.05, 0.1) is 6.61 Å². The molecule has 0 aromatic heterocycles. The lowest BCUT2D eigenvalue weighted by Crippen LogP contribution is -2.50. The molecule has 1 aliphatic heterocycles. The molecule has 0 spiro atoms. The summed E-state index contributed by atoms with van der Waals surface area (Å²) in [5.74, 6) is -1.69. The van der Waals surface area contributed by atoms with Crippen LogP contribution in [-0.4, -0.2) is 29.2 Å². The van der Waals surface area contributed by atoms with E-state index in [1.54, 1.807) is 19.9 Å². The first-order valence-corrected chi connectivity index (χ1v) is 7.41. The molecular weight excluding hydrogens is 331 g/mol. The number of rotatable bonds is 4. The van der Waals surface area contributed by atoms with Gasteiger partial charge in [0, 0.05) is 22.0 Å². The number of halogens is 2. The third kappa shape index (κ3) is 2.79. The second-order valence-corrected chi connectivity index (χ2v) is 6.16. The van der Waals surface area contributed by atoms with E-state index < -0.39 is 23.0 Å². The molecule has 0 radical (unpaired) electrons. The second kappa shape index (κ2) is 6.04. The van der Waals surface area contributed by atoms with Crippen LogP contribution in [0.15, 0.2) is 18.2 Å². The van der Waals surface area contributed by atoms with Crippen molar-refractivity contribution >= 4 is 35.1 Å². The van der Waals surface area contributed by atoms with E-state index in [0.29, 0.717) is 10.6 Å². The van der Waals surface area contributed by atoms with Crippen molar-refractivity contribution in [3.63, 3.8) is 0 Å². The minimum Gasteiger partial charge on any atom is -0.480 e. The number of benzene rings is 1. The Labute approximate surface area is 137 Å². The Morgan fingerprint density at radius 2 is 2.05 bits per heavy atom. The zero-order chi connectivity index (χ0) is 16.5. The van der Waals surface area contributed by atoms with Crippen molar-refractivity contribution < 1.29 is 19.4 Å². The number of nitrogens with one attached hydrogen (secondary N) is 2. The molecule has 2 rings (SSSR count). The summed E-state index contributed by atoms with van der Waals surface area (Å²) < 4.78 is 5.00. The van der Waals surface area contributed by atoms with Crippen LogP contribution in [0.4, 0.5) is 0 Å². The van der Waals surface area contributed by atoms with Crippen LogP contribution in [0, 0.1) is 0 Å². The van der Waals surface area contributed by atoms with E-state index in [4.69, 9.17) is 27.9 Å². The van der Waals surface area contributed by atoms with Crippen molar-refractivity contribution in [2.24, 2.45) is 0 Å². The molecule has 8 heteroatoms. The largest absolute Gasteiger partial charge is 0.480 e. The molecule has 6 nitrogen and oxygen atoms in total. The first-order valence-electron chi connectivity index (χ1n) is 6.65. The summed E-state index contributed by atoms with van der Waals surface area (Å²) in [4.78, 5) is 24.0. The van der Waals surface area contributed by atoms with E-state index in [9.17, 15) is 14.7 Å². The molecule has 1 aromatic carbocycles. The predicted octanol–water partition coefficient (Wildman–Crippen LogP) is 2.09. The van der Waals surface area contributed by atoms with Gasteiger partial charge in [-0.05, 0) is 26.0 Å². The molecule has 1 fully saturated rings. The van der Waals surface area contributed by atoms with Gasteiger partial charge in [-0.15, -0.1) is 0 Å². The average molecular weight is 347 g/mol. The molecule has 1 aromatic rings. The number of carbonyl (C=O) groups excluding carboxylic acids is 1. The maximum atomic E-state index is 12.1. The molecule has 1 heterocycles. The smallest absolute Gasteiger partial charge is 0.329 e. The normalized spacial score (nSPS) is 27.6. The SMILES string of the molecule is CCOC(=O)C1(C)CC(C(=O)O)(c2ccc(Cl)cc2Cl)NN1. The van der Waals surface area contributed by atoms with Crippen molar-refractivity contribution in [3.05, 3.63) is 33.8 Å².